The average molecular weight is 272 g/mol. The van der Waals surface area contributed by atoms with E-state index in [0.717, 1.165) is 18.2 Å². The predicted molar refractivity (Wildman–Crippen MR) is 68.8 cm³/mol. The second kappa shape index (κ2) is 6.08. The zero-order valence-corrected chi connectivity index (χ0v) is 11.2. The Labute approximate surface area is 111 Å². The van der Waals surface area contributed by atoms with Crippen LogP contribution < -0.4 is 5.32 Å². The number of hydrogen-bond acceptors (Lipinski definition) is 3. The molecule has 106 valence electrons. The number of aliphatic hydroxyl groups is 1. The molecule has 0 spiro atoms. The van der Waals surface area contributed by atoms with Crippen molar-refractivity contribution in [3.05, 3.63) is 29.8 Å². The molecule has 0 aromatic heterocycles. The van der Waals surface area contributed by atoms with Crippen LogP contribution in [0.15, 0.2) is 18.2 Å². The number of amides is 1. The third kappa shape index (κ3) is 6.26. The number of benzene rings is 1. The lowest BCUT2D eigenvalue weighted by Crippen LogP contribution is -2.40. The molecular formula is C13H18F2N2O2. The second-order valence-corrected chi connectivity index (χ2v) is 5.19. The molecule has 0 aliphatic carbocycles. The molecule has 0 aliphatic heterocycles. The van der Waals surface area contributed by atoms with Gasteiger partial charge in [0.05, 0.1) is 12.1 Å². The van der Waals surface area contributed by atoms with Gasteiger partial charge in [0.1, 0.15) is 11.6 Å². The highest BCUT2D eigenvalue weighted by Gasteiger charge is 2.17. The molecular weight excluding hydrogens is 254 g/mol. The van der Waals surface area contributed by atoms with Crippen LogP contribution in [0.2, 0.25) is 0 Å². The zero-order valence-electron chi connectivity index (χ0n) is 11.2. The fourth-order valence-electron chi connectivity index (χ4n) is 1.79. The Kier molecular flexibility index (Phi) is 4.97. The number of rotatable bonds is 5. The lowest BCUT2D eigenvalue weighted by molar-refractivity contribution is -0.117. The molecule has 1 aromatic rings. The van der Waals surface area contributed by atoms with Crippen LogP contribution in [0, 0.1) is 11.6 Å². The molecule has 0 saturated heterocycles. The van der Waals surface area contributed by atoms with E-state index in [0.29, 0.717) is 6.54 Å². The summed E-state index contributed by atoms with van der Waals surface area (Å²) in [4.78, 5) is 13.3. The molecule has 0 radical (unpaired) electrons. The number of anilines is 1. The molecule has 0 bridgehead atoms. The summed E-state index contributed by atoms with van der Waals surface area (Å²) < 4.78 is 25.9. The molecule has 0 saturated carbocycles. The first kappa shape index (κ1) is 15.5. The van der Waals surface area contributed by atoms with Crippen molar-refractivity contribution in [2.45, 2.75) is 19.4 Å². The van der Waals surface area contributed by atoms with Gasteiger partial charge in [0.2, 0.25) is 5.91 Å². The van der Waals surface area contributed by atoms with Crippen LogP contribution in [-0.4, -0.2) is 41.7 Å². The molecule has 0 heterocycles. The third-order valence-corrected chi connectivity index (χ3v) is 2.22. The van der Waals surface area contributed by atoms with Crippen LogP contribution in [0.5, 0.6) is 0 Å². The van der Waals surface area contributed by atoms with Crippen molar-refractivity contribution in [3.8, 4) is 0 Å². The summed E-state index contributed by atoms with van der Waals surface area (Å²) in [6, 6.07) is 2.81. The van der Waals surface area contributed by atoms with Gasteiger partial charge in [0.25, 0.3) is 0 Å². The van der Waals surface area contributed by atoms with E-state index in [4.69, 9.17) is 0 Å². The Morgan fingerprint density at radius 3 is 2.32 bits per heavy atom. The summed E-state index contributed by atoms with van der Waals surface area (Å²) in [5.41, 5.74) is -0.848. The van der Waals surface area contributed by atoms with E-state index in [1.165, 1.54) is 0 Å². The standard InChI is InChI=1S/C13H18F2N2O2/c1-13(2,19)8-17(3)7-12(18)16-11-5-9(14)4-10(15)6-11/h4-6,19H,7-8H2,1-3H3,(H,16,18). The number of hydrogen-bond donors (Lipinski definition) is 2. The molecule has 0 fully saturated rings. The highest BCUT2D eigenvalue weighted by Crippen LogP contribution is 2.12. The second-order valence-electron chi connectivity index (χ2n) is 5.19. The lowest BCUT2D eigenvalue weighted by Gasteiger charge is -2.24. The zero-order chi connectivity index (χ0) is 14.6. The molecule has 6 heteroatoms. The molecule has 1 rings (SSSR count). The first-order chi connectivity index (χ1) is 8.65. The van der Waals surface area contributed by atoms with Crippen LogP contribution in [0.3, 0.4) is 0 Å². The molecule has 2 N–H and O–H groups in total. The summed E-state index contributed by atoms with van der Waals surface area (Å²) in [6.45, 7) is 3.58. The highest BCUT2D eigenvalue weighted by atomic mass is 19.1. The molecule has 0 unspecified atom stereocenters. The Balaban J connectivity index is 2.55. The fourth-order valence-corrected chi connectivity index (χ4v) is 1.79. The first-order valence-electron chi connectivity index (χ1n) is 5.82. The van der Waals surface area contributed by atoms with E-state index in [1.807, 2.05) is 0 Å². The maximum absolute atomic E-state index is 12.9. The number of carbonyl (C=O) groups excluding carboxylic acids is 1. The van der Waals surface area contributed by atoms with Gasteiger partial charge in [-0.05, 0) is 33.0 Å². The van der Waals surface area contributed by atoms with Crippen molar-refractivity contribution in [1.29, 1.82) is 0 Å². The Hall–Kier alpha value is -1.53. The van der Waals surface area contributed by atoms with Gasteiger partial charge >= 0.3 is 0 Å². The molecule has 1 amide bonds. The molecule has 19 heavy (non-hydrogen) atoms. The average Bonchev–Trinajstić information content (AvgIpc) is 2.10. The maximum atomic E-state index is 12.9. The van der Waals surface area contributed by atoms with Gasteiger partial charge < -0.3 is 10.4 Å². The normalized spacial score (nSPS) is 11.7. The molecule has 4 nitrogen and oxygen atoms in total. The fraction of sp³-hybridized carbons (Fsp3) is 0.462. The van der Waals surface area contributed by atoms with Crippen LogP contribution in [0.1, 0.15) is 13.8 Å². The molecule has 1 aromatic carbocycles. The van der Waals surface area contributed by atoms with E-state index >= 15 is 0 Å². The summed E-state index contributed by atoms with van der Waals surface area (Å²) >= 11 is 0. The van der Waals surface area contributed by atoms with E-state index in [1.54, 1.807) is 25.8 Å². The highest BCUT2D eigenvalue weighted by molar-refractivity contribution is 5.92. The van der Waals surface area contributed by atoms with Crippen molar-refractivity contribution >= 4 is 11.6 Å². The van der Waals surface area contributed by atoms with Crippen molar-refractivity contribution in [1.82, 2.24) is 4.90 Å². The first-order valence-corrected chi connectivity index (χ1v) is 5.82. The number of nitrogens with zero attached hydrogens (tertiary/aromatic N) is 1. The Morgan fingerprint density at radius 1 is 1.32 bits per heavy atom. The van der Waals surface area contributed by atoms with Gasteiger partial charge in [-0.2, -0.15) is 0 Å². The predicted octanol–water partition coefficient (Wildman–Crippen LogP) is 1.61. The van der Waals surface area contributed by atoms with Gasteiger partial charge in [0.15, 0.2) is 0 Å². The van der Waals surface area contributed by atoms with E-state index in [-0.39, 0.29) is 12.2 Å². The monoisotopic (exact) mass is 272 g/mol. The minimum Gasteiger partial charge on any atom is -0.389 e. The summed E-state index contributed by atoms with van der Waals surface area (Å²) in [7, 11) is 1.67. The van der Waals surface area contributed by atoms with Gasteiger partial charge in [-0.25, -0.2) is 8.78 Å². The molecule has 0 aliphatic rings. The van der Waals surface area contributed by atoms with Crippen molar-refractivity contribution in [3.63, 3.8) is 0 Å². The maximum Gasteiger partial charge on any atom is 0.238 e. The van der Waals surface area contributed by atoms with Crippen LogP contribution in [0.4, 0.5) is 14.5 Å². The summed E-state index contributed by atoms with van der Waals surface area (Å²) in [5.74, 6) is -1.91. The van der Waals surface area contributed by atoms with Gasteiger partial charge in [-0.3, -0.25) is 9.69 Å². The van der Waals surface area contributed by atoms with Crippen LogP contribution in [-0.2, 0) is 4.79 Å². The largest absolute Gasteiger partial charge is 0.389 e. The number of carbonyl (C=O) groups is 1. The lowest BCUT2D eigenvalue weighted by atomic mass is 10.1. The van der Waals surface area contributed by atoms with Crippen molar-refractivity contribution in [2.75, 3.05) is 25.5 Å². The van der Waals surface area contributed by atoms with E-state index < -0.39 is 23.1 Å². The Morgan fingerprint density at radius 2 is 1.84 bits per heavy atom. The summed E-state index contributed by atoms with van der Waals surface area (Å²) in [5, 5.41) is 12.0. The van der Waals surface area contributed by atoms with E-state index in [9.17, 15) is 18.7 Å². The quantitative estimate of drug-likeness (QED) is 0.856. The number of nitrogens with one attached hydrogen (secondary N) is 1. The SMILES string of the molecule is CN(CC(=O)Nc1cc(F)cc(F)c1)CC(C)(C)O. The van der Waals surface area contributed by atoms with Crippen molar-refractivity contribution in [2.24, 2.45) is 0 Å². The third-order valence-electron chi connectivity index (χ3n) is 2.22. The minimum absolute atomic E-state index is 0.0160. The van der Waals surface area contributed by atoms with Crippen molar-refractivity contribution < 1.29 is 18.7 Å². The van der Waals surface area contributed by atoms with Crippen LogP contribution >= 0.6 is 0 Å². The summed E-state index contributed by atoms with van der Waals surface area (Å²) in [6.07, 6.45) is 0. The number of halogens is 2. The smallest absolute Gasteiger partial charge is 0.238 e. The minimum atomic E-state index is -0.917. The van der Waals surface area contributed by atoms with Gasteiger partial charge in [0, 0.05) is 18.3 Å². The van der Waals surface area contributed by atoms with E-state index in [2.05, 4.69) is 5.32 Å². The molecule has 0 atom stereocenters. The topological polar surface area (TPSA) is 52.6 Å². The van der Waals surface area contributed by atoms with Gasteiger partial charge in [-0.1, -0.05) is 0 Å². The number of likely N-dealkylation sites (N-methyl/N-ethyl adjacent to an activating group) is 1. The Bertz CT molecular complexity index is 438. The van der Waals surface area contributed by atoms with Crippen LogP contribution in [0.25, 0.3) is 0 Å². The van der Waals surface area contributed by atoms with Gasteiger partial charge in [-0.15, -0.1) is 0 Å².